The molecule has 1 fully saturated rings. The van der Waals surface area contributed by atoms with Crippen molar-refractivity contribution in [1.29, 1.82) is 0 Å². The first-order valence-electron chi connectivity index (χ1n) is 9.43. The fraction of sp³-hybridized carbons (Fsp3) is 0.455. The number of carbonyl (C=O) groups is 2. The maximum Gasteiger partial charge on any atom is 0.377 e. The second-order valence-corrected chi connectivity index (χ2v) is 8.47. The zero-order valence-electron chi connectivity index (χ0n) is 16.8. The number of ether oxygens (including phenoxy) is 2. The summed E-state index contributed by atoms with van der Waals surface area (Å²) in [6, 6.07) is 10.4. The standard InChI is InChI=1S/C22H27NO5/c1-21(2)13-23(14-22(3,4)28-21)11-12-27-18-10-9-17(19(24)20(25)26)15-7-5-6-8-16(15)18/h5-10H,11-14H2,1-4H3,(H,25,26). The number of carbonyl (C=O) groups excluding carboxylic acids is 1. The molecule has 0 spiro atoms. The maximum absolute atomic E-state index is 12.0. The highest BCUT2D eigenvalue weighted by molar-refractivity contribution is 6.42. The van der Waals surface area contributed by atoms with Gasteiger partial charge in [0.05, 0.1) is 11.2 Å². The molecule has 1 heterocycles. The number of carboxylic acids is 1. The van der Waals surface area contributed by atoms with Gasteiger partial charge in [0, 0.05) is 30.6 Å². The van der Waals surface area contributed by atoms with Crippen molar-refractivity contribution in [2.75, 3.05) is 26.2 Å². The molecular formula is C22H27NO5. The van der Waals surface area contributed by atoms with Gasteiger partial charge in [-0.2, -0.15) is 0 Å². The lowest BCUT2D eigenvalue weighted by Gasteiger charge is -2.47. The van der Waals surface area contributed by atoms with E-state index in [0.717, 1.165) is 25.0 Å². The summed E-state index contributed by atoms with van der Waals surface area (Å²) in [5.41, 5.74) is -0.257. The highest BCUT2D eigenvalue weighted by Crippen LogP contribution is 2.30. The average Bonchev–Trinajstić information content (AvgIpc) is 2.58. The Hall–Kier alpha value is -2.44. The Labute approximate surface area is 165 Å². The summed E-state index contributed by atoms with van der Waals surface area (Å²) in [5.74, 6) is -1.73. The minimum absolute atomic E-state index is 0.173. The largest absolute Gasteiger partial charge is 0.492 e. The molecule has 6 heteroatoms. The van der Waals surface area contributed by atoms with E-state index in [1.807, 2.05) is 12.1 Å². The van der Waals surface area contributed by atoms with Crippen molar-refractivity contribution >= 4 is 22.5 Å². The fourth-order valence-corrected chi connectivity index (χ4v) is 4.10. The summed E-state index contributed by atoms with van der Waals surface area (Å²) in [5, 5.41) is 10.4. The zero-order valence-corrected chi connectivity index (χ0v) is 16.8. The number of nitrogens with zero attached hydrogens (tertiary/aromatic N) is 1. The summed E-state index contributed by atoms with van der Waals surface area (Å²) in [6.45, 7) is 11.3. The van der Waals surface area contributed by atoms with E-state index in [2.05, 4.69) is 32.6 Å². The molecule has 0 aromatic heterocycles. The third-order valence-electron chi connectivity index (χ3n) is 4.75. The highest BCUT2D eigenvalue weighted by atomic mass is 16.5. The smallest absolute Gasteiger partial charge is 0.377 e. The van der Waals surface area contributed by atoms with Crippen LogP contribution in [-0.2, 0) is 9.53 Å². The molecule has 0 aliphatic carbocycles. The first-order valence-corrected chi connectivity index (χ1v) is 9.43. The van der Waals surface area contributed by atoms with Crippen LogP contribution in [0.15, 0.2) is 36.4 Å². The van der Waals surface area contributed by atoms with Gasteiger partial charge in [-0.15, -0.1) is 0 Å². The molecule has 1 aliphatic rings. The van der Waals surface area contributed by atoms with Crippen LogP contribution in [0, 0.1) is 0 Å². The van der Waals surface area contributed by atoms with Gasteiger partial charge in [-0.1, -0.05) is 24.3 Å². The van der Waals surface area contributed by atoms with Crippen LogP contribution >= 0.6 is 0 Å². The van der Waals surface area contributed by atoms with Crippen molar-refractivity contribution in [3.63, 3.8) is 0 Å². The molecule has 1 saturated heterocycles. The van der Waals surface area contributed by atoms with Crippen LogP contribution in [0.1, 0.15) is 38.1 Å². The molecule has 2 aromatic carbocycles. The normalized spacial score (nSPS) is 18.7. The number of fused-ring (bicyclic) bond motifs is 1. The second kappa shape index (κ2) is 7.53. The molecule has 0 atom stereocenters. The third kappa shape index (κ3) is 4.51. The molecule has 0 unspecified atom stereocenters. The molecule has 2 aromatic rings. The quantitative estimate of drug-likeness (QED) is 0.607. The van der Waals surface area contributed by atoms with Crippen LogP contribution in [0.25, 0.3) is 10.8 Å². The number of benzene rings is 2. The van der Waals surface area contributed by atoms with E-state index in [1.54, 1.807) is 18.2 Å². The Bertz CT molecular complexity index is 887. The van der Waals surface area contributed by atoms with Gasteiger partial charge in [-0.25, -0.2) is 4.79 Å². The number of rotatable bonds is 6. The molecule has 0 bridgehead atoms. The number of Topliss-reactive ketones (excluding diaryl/α,β-unsaturated/α-hetero) is 1. The lowest BCUT2D eigenvalue weighted by molar-refractivity contribution is -0.181. The number of hydrogen-bond donors (Lipinski definition) is 1. The Morgan fingerprint density at radius 2 is 1.64 bits per heavy atom. The third-order valence-corrected chi connectivity index (χ3v) is 4.75. The molecule has 0 radical (unpaired) electrons. The van der Waals surface area contributed by atoms with Gasteiger partial charge in [0.15, 0.2) is 0 Å². The van der Waals surface area contributed by atoms with Gasteiger partial charge in [0.25, 0.3) is 5.78 Å². The van der Waals surface area contributed by atoms with E-state index < -0.39 is 11.8 Å². The average molecular weight is 385 g/mol. The van der Waals surface area contributed by atoms with Crippen LogP contribution in [0.4, 0.5) is 0 Å². The Kier molecular flexibility index (Phi) is 5.46. The van der Waals surface area contributed by atoms with E-state index in [0.29, 0.717) is 17.7 Å². The molecule has 0 amide bonds. The number of aliphatic carboxylic acids is 1. The number of ketones is 1. The van der Waals surface area contributed by atoms with Gasteiger partial charge in [-0.3, -0.25) is 9.69 Å². The van der Waals surface area contributed by atoms with Crippen LogP contribution < -0.4 is 4.74 Å². The van der Waals surface area contributed by atoms with E-state index in [9.17, 15) is 9.59 Å². The number of carboxylic acid groups (broad SMARTS) is 1. The van der Waals surface area contributed by atoms with E-state index in [-0.39, 0.29) is 16.8 Å². The molecule has 28 heavy (non-hydrogen) atoms. The molecule has 150 valence electrons. The van der Waals surface area contributed by atoms with E-state index in [4.69, 9.17) is 14.6 Å². The van der Waals surface area contributed by atoms with E-state index in [1.165, 1.54) is 6.07 Å². The van der Waals surface area contributed by atoms with Gasteiger partial charge >= 0.3 is 5.97 Å². The summed E-state index contributed by atoms with van der Waals surface area (Å²) in [7, 11) is 0. The monoisotopic (exact) mass is 385 g/mol. The molecular weight excluding hydrogens is 358 g/mol. The minimum atomic E-state index is -1.46. The van der Waals surface area contributed by atoms with Crippen LogP contribution in [0.2, 0.25) is 0 Å². The lowest BCUT2D eigenvalue weighted by atomic mass is 9.99. The zero-order chi connectivity index (χ0) is 20.5. The van der Waals surface area contributed by atoms with Crippen molar-refractivity contribution in [3.05, 3.63) is 42.0 Å². The first-order chi connectivity index (χ1) is 13.1. The summed E-state index contributed by atoms with van der Waals surface area (Å²) in [4.78, 5) is 25.4. The van der Waals surface area contributed by atoms with Crippen molar-refractivity contribution < 1.29 is 24.2 Å². The lowest BCUT2D eigenvalue weighted by Crippen LogP contribution is -2.57. The van der Waals surface area contributed by atoms with Crippen LogP contribution in [0.5, 0.6) is 5.75 Å². The van der Waals surface area contributed by atoms with E-state index >= 15 is 0 Å². The van der Waals surface area contributed by atoms with Gasteiger partial charge < -0.3 is 14.6 Å². The van der Waals surface area contributed by atoms with Crippen LogP contribution in [-0.4, -0.2) is 59.2 Å². The SMILES string of the molecule is CC1(C)CN(CCOc2ccc(C(=O)C(=O)O)c3ccccc23)CC(C)(C)O1. The summed E-state index contributed by atoms with van der Waals surface area (Å²) < 4.78 is 12.1. The molecule has 1 N–H and O–H groups in total. The van der Waals surface area contributed by atoms with Crippen molar-refractivity contribution in [3.8, 4) is 5.75 Å². The van der Waals surface area contributed by atoms with Gasteiger partial charge in [0.1, 0.15) is 12.4 Å². The van der Waals surface area contributed by atoms with Crippen molar-refractivity contribution in [1.82, 2.24) is 4.90 Å². The summed E-state index contributed by atoms with van der Waals surface area (Å²) in [6.07, 6.45) is 0. The molecule has 3 rings (SSSR count). The molecule has 1 aliphatic heterocycles. The predicted octanol–water partition coefficient (Wildman–Crippen LogP) is 3.38. The summed E-state index contributed by atoms with van der Waals surface area (Å²) >= 11 is 0. The Morgan fingerprint density at radius 1 is 1.04 bits per heavy atom. The second-order valence-electron chi connectivity index (χ2n) is 8.47. The predicted molar refractivity (Wildman–Crippen MR) is 107 cm³/mol. The maximum atomic E-state index is 12.0. The van der Waals surface area contributed by atoms with Crippen molar-refractivity contribution in [2.45, 2.75) is 38.9 Å². The fourth-order valence-electron chi connectivity index (χ4n) is 4.10. The van der Waals surface area contributed by atoms with Crippen molar-refractivity contribution in [2.24, 2.45) is 0 Å². The van der Waals surface area contributed by atoms with Crippen LogP contribution in [0.3, 0.4) is 0 Å². The first kappa shape index (κ1) is 20.3. The number of hydrogen-bond acceptors (Lipinski definition) is 5. The molecule has 6 nitrogen and oxygen atoms in total. The topological polar surface area (TPSA) is 76.1 Å². The molecule has 0 saturated carbocycles. The highest BCUT2D eigenvalue weighted by Gasteiger charge is 2.37. The van der Waals surface area contributed by atoms with Gasteiger partial charge in [-0.05, 0) is 45.2 Å². The minimum Gasteiger partial charge on any atom is -0.492 e. The van der Waals surface area contributed by atoms with Gasteiger partial charge in [0.2, 0.25) is 0 Å². The Morgan fingerprint density at radius 3 is 2.25 bits per heavy atom. The Balaban J connectivity index is 1.74. The number of morpholine rings is 1.